The molecular formula is C13H15NO4. The Morgan fingerprint density at radius 3 is 3.00 bits per heavy atom. The van der Waals surface area contributed by atoms with Crippen molar-refractivity contribution in [1.29, 1.82) is 0 Å². The van der Waals surface area contributed by atoms with Crippen LogP contribution in [-0.4, -0.2) is 37.0 Å². The molecule has 1 heterocycles. The first kappa shape index (κ1) is 12.4. The molecule has 0 unspecified atom stereocenters. The van der Waals surface area contributed by atoms with Crippen molar-refractivity contribution in [2.24, 2.45) is 0 Å². The van der Waals surface area contributed by atoms with E-state index in [1.54, 1.807) is 23.1 Å². The van der Waals surface area contributed by atoms with Crippen molar-refractivity contribution >= 4 is 12.4 Å². The van der Waals surface area contributed by atoms with E-state index in [-0.39, 0.29) is 6.04 Å². The minimum Gasteiger partial charge on any atom is -0.491 e. The Balaban J connectivity index is 2.32. The van der Waals surface area contributed by atoms with E-state index in [9.17, 15) is 9.59 Å². The summed E-state index contributed by atoms with van der Waals surface area (Å²) in [7, 11) is 1.34. The Morgan fingerprint density at radius 2 is 2.33 bits per heavy atom. The average molecular weight is 249 g/mol. The van der Waals surface area contributed by atoms with Crippen LogP contribution >= 0.6 is 0 Å². The molecule has 0 aliphatic carbocycles. The zero-order chi connectivity index (χ0) is 13.1. The normalized spacial score (nSPS) is 18.3. The van der Waals surface area contributed by atoms with Crippen molar-refractivity contribution in [1.82, 2.24) is 4.90 Å². The third kappa shape index (κ3) is 2.30. The van der Waals surface area contributed by atoms with Crippen molar-refractivity contribution in [2.75, 3.05) is 13.7 Å². The molecule has 0 bridgehead atoms. The highest BCUT2D eigenvalue weighted by Gasteiger charge is 2.21. The van der Waals surface area contributed by atoms with Crippen LogP contribution in [0.2, 0.25) is 0 Å². The second-order valence-electron chi connectivity index (χ2n) is 4.25. The molecular weight excluding hydrogens is 234 g/mol. The third-order valence-corrected chi connectivity index (χ3v) is 3.02. The first-order valence-electron chi connectivity index (χ1n) is 5.70. The monoisotopic (exact) mass is 249 g/mol. The van der Waals surface area contributed by atoms with E-state index in [0.29, 0.717) is 24.5 Å². The summed E-state index contributed by atoms with van der Waals surface area (Å²) in [5, 5.41) is 0. The van der Waals surface area contributed by atoms with Gasteiger partial charge in [0.25, 0.3) is 0 Å². The summed E-state index contributed by atoms with van der Waals surface area (Å²) in [4.78, 5) is 24.0. The van der Waals surface area contributed by atoms with Gasteiger partial charge in [-0.05, 0) is 19.1 Å². The maximum atomic E-state index is 11.4. The number of nitrogens with zero attached hydrogens (tertiary/aromatic N) is 1. The minimum atomic E-state index is -0.397. The lowest BCUT2D eigenvalue weighted by molar-refractivity contribution is -0.120. The lowest BCUT2D eigenvalue weighted by atomic mass is 10.1. The molecule has 0 spiro atoms. The molecule has 1 aliphatic rings. The lowest BCUT2D eigenvalue weighted by Gasteiger charge is -2.20. The first-order valence-corrected chi connectivity index (χ1v) is 5.70. The summed E-state index contributed by atoms with van der Waals surface area (Å²) in [6, 6.07) is 5.13. The standard InChI is InChI=1S/C13H15NO4/c1-9-7-18-12-5-10(13(16)17-2)3-4-11(12)6-14(9)8-15/h3-5,8-9H,6-7H2,1-2H3/t9-/m1/s1. The SMILES string of the molecule is COC(=O)c1ccc2c(c1)OC[C@@H](C)N(C=O)C2. The van der Waals surface area contributed by atoms with E-state index in [2.05, 4.69) is 4.74 Å². The topological polar surface area (TPSA) is 55.8 Å². The summed E-state index contributed by atoms with van der Waals surface area (Å²) in [5.74, 6) is 0.236. The largest absolute Gasteiger partial charge is 0.491 e. The number of esters is 1. The molecule has 18 heavy (non-hydrogen) atoms. The molecule has 0 saturated carbocycles. The maximum Gasteiger partial charge on any atom is 0.337 e. The van der Waals surface area contributed by atoms with Gasteiger partial charge >= 0.3 is 5.97 Å². The van der Waals surface area contributed by atoms with Crippen LogP contribution in [0.5, 0.6) is 5.75 Å². The Morgan fingerprint density at radius 1 is 1.56 bits per heavy atom. The highest BCUT2D eigenvalue weighted by Crippen LogP contribution is 2.26. The summed E-state index contributed by atoms with van der Waals surface area (Å²) >= 11 is 0. The number of carbonyl (C=O) groups is 2. The van der Waals surface area contributed by atoms with E-state index < -0.39 is 5.97 Å². The lowest BCUT2D eigenvalue weighted by Crippen LogP contribution is -2.33. The molecule has 0 N–H and O–H groups in total. The fourth-order valence-corrected chi connectivity index (χ4v) is 1.86. The van der Waals surface area contributed by atoms with Crippen LogP contribution in [0.15, 0.2) is 18.2 Å². The van der Waals surface area contributed by atoms with Gasteiger partial charge in [-0.15, -0.1) is 0 Å². The van der Waals surface area contributed by atoms with Crippen LogP contribution in [-0.2, 0) is 16.1 Å². The number of amides is 1. The summed E-state index contributed by atoms with van der Waals surface area (Å²) in [5.41, 5.74) is 1.34. The van der Waals surface area contributed by atoms with Gasteiger partial charge in [0.05, 0.1) is 18.7 Å². The van der Waals surface area contributed by atoms with Crippen molar-refractivity contribution < 1.29 is 19.1 Å². The number of rotatable bonds is 2. The molecule has 0 saturated heterocycles. The fourth-order valence-electron chi connectivity index (χ4n) is 1.86. The van der Waals surface area contributed by atoms with Gasteiger partial charge in [0.2, 0.25) is 6.41 Å². The number of benzene rings is 1. The van der Waals surface area contributed by atoms with Crippen LogP contribution in [0.1, 0.15) is 22.8 Å². The van der Waals surface area contributed by atoms with Gasteiger partial charge in [-0.2, -0.15) is 0 Å². The Bertz CT molecular complexity index is 472. The van der Waals surface area contributed by atoms with Gasteiger partial charge in [0, 0.05) is 12.1 Å². The molecule has 1 aromatic carbocycles. The third-order valence-electron chi connectivity index (χ3n) is 3.02. The van der Waals surface area contributed by atoms with Gasteiger partial charge in [0.15, 0.2) is 0 Å². The van der Waals surface area contributed by atoms with Crippen LogP contribution in [0.25, 0.3) is 0 Å². The van der Waals surface area contributed by atoms with Crippen molar-refractivity contribution in [3.8, 4) is 5.75 Å². The van der Waals surface area contributed by atoms with E-state index >= 15 is 0 Å². The molecule has 96 valence electrons. The number of carbonyl (C=O) groups excluding carboxylic acids is 2. The molecule has 1 amide bonds. The van der Waals surface area contributed by atoms with Crippen molar-refractivity contribution in [3.63, 3.8) is 0 Å². The van der Waals surface area contributed by atoms with Gasteiger partial charge in [-0.1, -0.05) is 6.07 Å². The fraction of sp³-hybridized carbons (Fsp3) is 0.385. The molecule has 0 aromatic heterocycles. The minimum absolute atomic E-state index is 0.0106. The van der Waals surface area contributed by atoms with Crippen LogP contribution in [0.3, 0.4) is 0 Å². The Kier molecular flexibility index (Phi) is 3.50. The van der Waals surface area contributed by atoms with Crippen molar-refractivity contribution in [3.05, 3.63) is 29.3 Å². The van der Waals surface area contributed by atoms with E-state index in [1.807, 2.05) is 6.92 Å². The summed E-state index contributed by atoms with van der Waals surface area (Å²) in [6.07, 6.45) is 0.817. The van der Waals surface area contributed by atoms with Crippen LogP contribution < -0.4 is 4.74 Å². The molecule has 0 radical (unpaired) electrons. The smallest absolute Gasteiger partial charge is 0.337 e. The second-order valence-corrected chi connectivity index (χ2v) is 4.25. The molecule has 1 aromatic rings. The number of ether oxygens (including phenoxy) is 2. The van der Waals surface area contributed by atoms with Crippen LogP contribution in [0.4, 0.5) is 0 Å². The first-order chi connectivity index (χ1) is 8.65. The summed E-state index contributed by atoms with van der Waals surface area (Å²) in [6.45, 7) is 2.82. The predicted octanol–water partition coefficient (Wildman–Crippen LogP) is 1.21. The van der Waals surface area contributed by atoms with E-state index in [0.717, 1.165) is 12.0 Å². The molecule has 5 nitrogen and oxygen atoms in total. The molecule has 0 fully saturated rings. The number of fused-ring (bicyclic) bond motifs is 1. The highest BCUT2D eigenvalue weighted by molar-refractivity contribution is 5.89. The van der Waals surface area contributed by atoms with Crippen LogP contribution in [0, 0.1) is 0 Å². The summed E-state index contributed by atoms with van der Waals surface area (Å²) < 4.78 is 10.3. The molecule has 2 rings (SSSR count). The molecule has 1 atom stereocenters. The highest BCUT2D eigenvalue weighted by atomic mass is 16.5. The second kappa shape index (κ2) is 5.08. The van der Waals surface area contributed by atoms with E-state index in [1.165, 1.54) is 7.11 Å². The van der Waals surface area contributed by atoms with Gasteiger partial charge in [-0.3, -0.25) is 4.79 Å². The maximum absolute atomic E-state index is 11.4. The van der Waals surface area contributed by atoms with Gasteiger partial charge in [0.1, 0.15) is 12.4 Å². The zero-order valence-corrected chi connectivity index (χ0v) is 10.4. The van der Waals surface area contributed by atoms with Gasteiger partial charge in [-0.25, -0.2) is 4.79 Å². The number of hydrogen-bond acceptors (Lipinski definition) is 4. The van der Waals surface area contributed by atoms with Gasteiger partial charge < -0.3 is 14.4 Å². The number of hydrogen-bond donors (Lipinski definition) is 0. The quantitative estimate of drug-likeness (QED) is 0.584. The Labute approximate surface area is 105 Å². The average Bonchev–Trinajstić information content (AvgIpc) is 2.56. The molecule has 1 aliphatic heterocycles. The van der Waals surface area contributed by atoms with E-state index in [4.69, 9.17) is 4.74 Å². The predicted molar refractivity (Wildman–Crippen MR) is 64.3 cm³/mol. The Hall–Kier alpha value is -2.04. The zero-order valence-electron chi connectivity index (χ0n) is 10.4. The molecule has 5 heteroatoms. The number of methoxy groups -OCH3 is 1. The van der Waals surface area contributed by atoms with Crippen molar-refractivity contribution in [2.45, 2.75) is 19.5 Å².